The fourth-order valence-corrected chi connectivity index (χ4v) is 4.34. The standard InChI is InChI=1S/C25H23N5O4/c1-16-7-9-18(10-8-16)20-15-19(23-17(2)27-34-24(23)26-20)25(31)29-13-11-28(12-14-29)21-5-3-4-6-22(21)30(32)33/h3-10,15H,11-14H2,1-2H3. The van der Waals surface area contributed by atoms with Crippen LogP contribution in [0.2, 0.25) is 0 Å². The number of fused-ring (bicyclic) bond motifs is 1. The minimum atomic E-state index is -0.373. The Morgan fingerprint density at radius 1 is 1.03 bits per heavy atom. The molecule has 0 bridgehead atoms. The summed E-state index contributed by atoms with van der Waals surface area (Å²) >= 11 is 0. The SMILES string of the molecule is Cc1ccc(-c2cc(C(=O)N3CCN(c4ccccc4[N+](=O)[O-])CC3)c3c(C)noc3n2)cc1. The number of hydrogen-bond donors (Lipinski definition) is 0. The Labute approximate surface area is 195 Å². The van der Waals surface area contributed by atoms with Gasteiger partial charge < -0.3 is 14.3 Å². The molecule has 9 nitrogen and oxygen atoms in total. The molecule has 1 aliphatic heterocycles. The van der Waals surface area contributed by atoms with E-state index in [1.54, 1.807) is 36.1 Å². The molecule has 2 aromatic carbocycles. The maximum atomic E-state index is 13.6. The van der Waals surface area contributed by atoms with Gasteiger partial charge >= 0.3 is 0 Å². The minimum absolute atomic E-state index is 0.0703. The van der Waals surface area contributed by atoms with Crippen molar-refractivity contribution in [3.63, 3.8) is 0 Å². The van der Waals surface area contributed by atoms with Crippen molar-refractivity contribution in [3.05, 3.63) is 81.5 Å². The van der Waals surface area contributed by atoms with E-state index in [9.17, 15) is 14.9 Å². The van der Waals surface area contributed by atoms with E-state index in [2.05, 4.69) is 10.1 Å². The number of anilines is 1. The highest BCUT2D eigenvalue weighted by Gasteiger charge is 2.28. The molecule has 0 N–H and O–H groups in total. The second-order valence-corrected chi connectivity index (χ2v) is 8.39. The van der Waals surface area contributed by atoms with Crippen molar-refractivity contribution in [2.45, 2.75) is 13.8 Å². The van der Waals surface area contributed by atoms with Crippen molar-refractivity contribution in [2.75, 3.05) is 31.1 Å². The van der Waals surface area contributed by atoms with Crippen molar-refractivity contribution in [1.82, 2.24) is 15.0 Å². The molecule has 172 valence electrons. The number of aromatic nitrogens is 2. The van der Waals surface area contributed by atoms with Crippen LogP contribution in [-0.4, -0.2) is 52.1 Å². The van der Waals surface area contributed by atoms with Gasteiger partial charge in [0.25, 0.3) is 17.3 Å². The largest absolute Gasteiger partial charge is 0.362 e. The second-order valence-electron chi connectivity index (χ2n) is 8.39. The number of rotatable bonds is 4. The van der Waals surface area contributed by atoms with Gasteiger partial charge in [0, 0.05) is 37.8 Å². The van der Waals surface area contributed by atoms with Gasteiger partial charge in [0.15, 0.2) is 0 Å². The van der Waals surface area contributed by atoms with Crippen molar-refractivity contribution in [2.24, 2.45) is 0 Å². The van der Waals surface area contributed by atoms with Crippen molar-refractivity contribution >= 4 is 28.4 Å². The van der Waals surface area contributed by atoms with Gasteiger partial charge in [-0.3, -0.25) is 14.9 Å². The highest BCUT2D eigenvalue weighted by molar-refractivity contribution is 6.07. The highest BCUT2D eigenvalue weighted by atomic mass is 16.6. The van der Waals surface area contributed by atoms with Crippen LogP contribution in [0.4, 0.5) is 11.4 Å². The summed E-state index contributed by atoms with van der Waals surface area (Å²) in [4.78, 5) is 33.0. The molecule has 0 spiro atoms. The molecule has 0 atom stereocenters. The summed E-state index contributed by atoms with van der Waals surface area (Å²) < 4.78 is 5.42. The fourth-order valence-electron chi connectivity index (χ4n) is 4.34. The maximum Gasteiger partial charge on any atom is 0.292 e. The van der Waals surface area contributed by atoms with Crippen LogP contribution in [0.1, 0.15) is 21.6 Å². The van der Waals surface area contributed by atoms with Crippen molar-refractivity contribution in [3.8, 4) is 11.3 Å². The summed E-state index contributed by atoms with van der Waals surface area (Å²) in [6.45, 7) is 5.69. The first-order valence-corrected chi connectivity index (χ1v) is 11.0. The van der Waals surface area contributed by atoms with E-state index in [0.717, 1.165) is 11.1 Å². The molecule has 1 amide bonds. The van der Waals surface area contributed by atoms with Gasteiger partial charge in [-0.2, -0.15) is 0 Å². The van der Waals surface area contributed by atoms with Crippen LogP contribution in [0.5, 0.6) is 0 Å². The average molecular weight is 457 g/mol. The topological polar surface area (TPSA) is 106 Å². The Bertz CT molecular complexity index is 1390. The maximum absolute atomic E-state index is 13.6. The van der Waals surface area contributed by atoms with Gasteiger partial charge in [0.2, 0.25) is 0 Å². The van der Waals surface area contributed by atoms with Crippen LogP contribution in [-0.2, 0) is 0 Å². The van der Waals surface area contributed by atoms with Crippen LogP contribution in [0.15, 0.2) is 59.1 Å². The predicted octanol–water partition coefficient (Wildman–Crippen LogP) is 4.38. The van der Waals surface area contributed by atoms with Crippen molar-refractivity contribution in [1.29, 1.82) is 0 Å². The third kappa shape index (κ3) is 3.85. The van der Waals surface area contributed by atoms with E-state index in [1.165, 1.54) is 6.07 Å². The zero-order valence-electron chi connectivity index (χ0n) is 18.9. The number of nitro groups is 1. The van der Waals surface area contributed by atoms with E-state index in [-0.39, 0.29) is 16.5 Å². The van der Waals surface area contributed by atoms with Gasteiger partial charge in [-0.25, -0.2) is 4.98 Å². The number of carbonyl (C=O) groups is 1. The van der Waals surface area contributed by atoms with Gasteiger partial charge in [-0.05, 0) is 26.0 Å². The van der Waals surface area contributed by atoms with Crippen LogP contribution in [0, 0.1) is 24.0 Å². The smallest absolute Gasteiger partial charge is 0.292 e. The monoisotopic (exact) mass is 457 g/mol. The molecule has 9 heteroatoms. The number of carbonyl (C=O) groups excluding carboxylic acids is 1. The molecule has 1 fully saturated rings. The molecule has 1 aliphatic rings. The van der Waals surface area contributed by atoms with E-state index in [4.69, 9.17) is 4.52 Å². The number of pyridine rings is 1. The molecule has 34 heavy (non-hydrogen) atoms. The van der Waals surface area contributed by atoms with Crippen molar-refractivity contribution < 1.29 is 14.2 Å². The molecule has 4 aromatic rings. The quantitative estimate of drug-likeness (QED) is 0.331. The van der Waals surface area contributed by atoms with E-state index < -0.39 is 0 Å². The molecular weight excluding hydrogens is 434 g/mol. The van der Waals surface area contributed by atoms with Gasteiger partial charge in [-0.15, -0.1) is 0 Å². The number of amides is 1. The zero-order valence-corrected chi connectivity index (χ0v) is 18.9. The molecular formula is C25H23N5O4. The Morgan fingerprint density at radius 3 is 2.44 bits per heavy atom. The lowest BCUT2D eigenvalue weighted by Crippen LogP contribution is -2.49. The molecule has 3 heterocycles. The Morgan fingerprint density at radius 2 is 1.74 bits per heavy atom. The Balaban J connectivity index is 1.44. The molecule has 0 unspecified atom stereocenters. The minimum Gasteiger partial charge on any atom is -0.362 e. The van der Waals surface area contributed by atoms with Gasteiger partial charge in [0.1, 0.15) is 5.69 Å². The number of nitro benzene ring substituents is 1. The first-order valence-electron chi connectivity index (χ1n) is 11.0. The lowest BCUT2D eigenvalue weighted by Gasteiger charge is -2.36. The van der Waals surface area contributed by atoms with E-state index in [0.29, 0.717) is 59.9 Å². The third-order valence-corrected chi connectivity index (χ3v) is 6.18. The molecule has 0 radical (unpaired) electrons. The van der Waals surface area contributed by atoms with Crippen LogP contribution < -0.4 is 4.90 Å². The molecule has 1 saturated heterocycles. The second kappa shape index (κ2) is 8.58. The van der Waals surface area contributed by atoms with Gasteiger partial charge in [0.05, 0.1) is 27.3 Å². The lowest BCUT2D eigenvalue weighted by atomic mass is 10.0. The number of aryl methyl sites for hydroxylation is 2. The average Bonchev–Trinajstić information content (AvgIpc) is 3.24. The van der Waals surface area contributed by atoms with Crippen LogP contribution >= 0.6 is 0 Å². The first kappa shape index (κ1) is 21.6. The summed E-state index contributed by atoms with van der Waals surface area (Å²) in [5, 5.41) is 16.1. The zero-order chi connectivity index (χ0) is 23.8. The van der Waals surface area contributed by atoms with E-state index in [1.807, 2.05) is 36.1 Å². The number of piperazine rings is 1. The van der Waals surface area contributed by atoms with Crippen LogP contribution in [0.25, 0.3) is 22.4 Å². The van der Waals surface area contributed by atoms with Crippen LogP contribution in [0.3, 0.4) is 0 Å². The van der Waals surface area contributed by atoms with E-state index >= 15 is 0 Å². The normalized spacial score (nSPS) is 13.9. The summed E-state index contributed by atoms with van der Waals surface area (Å²) in [6, 6.07) is 16.4. The fraction of sp³-hybridized carbons (Fsp3) is 0.240. The number of benzene rings is 2. The number of hydrogen-bond acceptors (Lipinski definition) is 7. The lowest BCUT2D eigenvalue weighted by molar-refractivity contribution is -0.384. The summed E-state index contributed by atoms with van der Waals surface area (Å²) in [5.41, 5.74) is 4.75. The molecule has 2 aromatic heterocycles. The summed E-state index contributed by atoms with van der Waals surface area (Å²) in [7, 11) is 0. The first-order chi connectivity index (χ1) is 16.4. The Kier molecular flexibility index (Phi) is 5.45. The molecule has 0 aliphatic carbocycles. The molecule has 5 rings (SSSR count). The van der Waals surface area contributed by atoms with Gasteiger partial charge in [-0.1, -0.05) is 47.1 Å². The Hall–Kier alpha value is -4.27. The predicted molar refractivity (Wildman–Crippen MR) is 128 cm³/mol. The highest BCUT2D eigenvalue weighted by Crippen LogP contribution is 2.31. The molecule has 0 saturated carbocycles. The number of nitrogens with zero attached hydrogens (tertiary/aromatic N) is 5. The summed E-state index contributed by atoms with van der Waals surface area (Å²) in [6.07, 6.45) is 0. The third-order valence-electron chi connectivity index (χ3n) is 6.18. The summed E-state index contributed by atoms with van der Waals surface area (Å²) in [5.74, 6) is -0.130. The number of para-hydroxylation sites is 2.